The summed E-state index contributed by atoms with van der Waals surface area (Å²) in [4.78, 5) is 13.3. The molecular weight excluding hydrogens is 247 g/mol. The largest absolute Gasteiger partial charge is 0.405 e. The van der Waals surface area contributed by atoms with E-state index in [1.807, 2.05) is 5.32 Å². The lowest BCUT2D eigenvalue weighted by Crippen LogP contribution is -2.41. The van der Waals surface area contributed by atoms with E-state index in [9.17, 15) is 18.0 Å². The summed E-state index contributed by atoms with van der Waals surface area (Å²) < 4.78 is 35.4. The normalized spacial score (nSPS) is 17.7. The van der Waals surface area contributed by atoms with Gasteiger partial charge < -0.3 is 15.5 Å². The zero-order chi connectivity index (χ0) is 13.4. The van der Waals surface area contributed by atoms with E-state index in [0.717, 1.165) is 19.6 Å². The molecule has 0 aliphatic carbocycles. The van der Waals surface area contributed by atoms with Crippen LogP contribution in [0.3, 0.4) is 0 Å². The molecule has 1 saturated heterocycles. The zero-order valence-corrected chi connectivity index (χ0v) is 10.4. The Labute approximate surface area is 105 Å². The molecule has 1 fully saturated rings. The third kappa shape index (κ3) is 7.50. The van der Waals surface area contributed by atoms with Crippen LogP contribution in [-0.2, 0) is 4.79 Å². The number of nitrogens with one attached hydrogen (secondary N) is 2. The van der Waals surface area contributed by atoms with E-state index in [-0.39, 0.29) is 6.54 Å². The second kappa shape index (κ2) is 7.58. The van der Waals surface area contributed by atoms with Crippen molar-refractivity contribution in [1.29, 1.82) is 0 Å². The number of rotatable bonds is 6. The molecule has 4 nitrogen and oxygen atoms in total. The smallest absolute Gasteiger partial charge is 0.346 e. The predicted molar refractivity (Wildman–Crippen MR) is 62.2 cm³/mol. The summed E-state index contributed by atoms with van der Waals surface area (Å²) >= 11 is 0. The number of hydrogen-bond donors (Lipinski definition) is 2. The van der Waals surface area contributed by atoms with E-state index in [2.05, 4.69) is 10.2 Å². The van der Waals surface area contributed by atoms with E-state index < -0.39 is 18.6 Å². The van der Waals surface area contributed by atoms with Crippen molar-refractivity contribution in [2.75, 3.05) is 39.3 Å². The van der Waals surface area contributed by atoms with Crippen molar-refractivity contribution in [2.45, 2.75) is 25.4 Å². The Bertz CT molecular complexity index is 252. The van der Waals surface area contributed by atoms with Crippen LogP contribution in [0.1, 0.15) is 19.3 Å². The van der Waals surface area contributed by atoms with Gasteiger partial charge in [-0.25, -0.2) is 0 Å². The minimum atomic E-state index is -4.34. The van der Waals surface area contributed by atoms with Gasteiger partial charge in [0.1, 0.15) is 6.54 Å². The maximum absolute atomic E-state index is 11.8. The molecule has 1 aliphatic rings. The number of carbonyl (C=O) groups is 1. The van der Waals surface area contributed by atoms with E-state index in [1.54, 1.807) is 0 Å². The monoisotopic (exact) mass is 267 g/mol. The highest BCUT2D eigenvalue weighted by atomic mass is 19.4. The minimum Gasteiger partial charge on any atom is -0.346 e. The highest BCUT2D eigenvalue weighted by Crippen LogP contribution is 2.11. The maximum atomic E-state index is 11.8. The number of alkyl halides is 3. The van der Waals surface area contributed by atoms with Crippen LogP contribution in [0, 0.1) is 0 Å². The van der Waals surface area contributed by atoms with Gasteiger partial charge in [-0.3, -0.25) is 4.79 Å². The fourth-order valence-corrected chi connectivity index (χ4v) is 1.88. The van der Waals surface area contributed by atoms with Crippen LogP contribution in [0.15, 0.2) is 0 Å². The molecule has 106 valence electrons. The molecule has 0 aromatic rings. The Balaban J connectivity index is 1.98. The Morgan fingerprint density at radius 1 is 1.17 bits per heavy atom. The van der Waals surface area contributed by atoms with E-state index in [1.165, 1.54) is 19.3 Å². The first-order valence-electron chi connectivity index (χ1n) is 6.24. The Kier molecular flexibility index (Phi) is 6.42. The molecule has 0 radical (unpaired) electrons. The van der Waals surface area contributed by atoms with Gasteiger partial charge in [0.25, 0.3) is 0 Å². The molecule has 0 bridgehead atoms. The molecule has 0 saturated carbocycles. The fourth-order valence-electron chi connectivity index (χ4n) is 1.88. The minimum absolute atomic E-state index is 0.0656. The molecule has 0 unspecified atom stereocenters. The molecule has 7 heteroatoms. The molecule has 1 heterocycles. The van der Waals surface area contributed by atoms with Crippen molar-refractivity contribution in [2.24, 2.45) is 0 Å². The molecule has 0 aromatic carbocycles. The predicted octanol–water partition coefficient (Wildman–Crippen LogP) is 0.740. The van der Waals surface area contributed by atoms with Crippen LogP contribution in [0.25, 0.3) is 0 Å². The van der Waals surface area contributed by atoms with Gasteiger partial charge in [-0.05, 0) is 25.9 Å². The van der Waals surface area contributed by atoms with Gasteiger partial charge in [0.2, 0.25) is 5.91 Å². The Morgan fingerprint density at radius 2 is 1.83 bits per heavy atom. The molecular formula is C11H20F3N3O. The quantitative estimate of drug-likeness (QED) is 0.698. The lowest BCUT2D eigenvalue weighted by atomic mass is 10.1. The number of hydrogen-bond acceptors (Lipinski definition) is 3. The van der Waals surface area contributed by atoms with E-state index in [4.69, 9.17) is 0 Å². The van der Waals surface area contributed by atoms with Crippen molar-refractivity contribution in [3.63, 3.8) is 0 Å². The number of piperidine rings is 1. The number of carbonyl (C=O) groups excluding carboxylic acids is 1. The first kappa shape index (κ1) is 15.2. The molecule has 0 atom stereocenters. The Morgan fingerprint density at radius 3 is 2.44 bits per heavy atom. The fraction of sp³-hybridized carbons (Fsp3) is 0.909. The molecule has 0 aromatic heterocycles. The lowest BCUT2D eigenvalue weighted by molar-refractivity contribution is -0.137. The summed E-state index contributed by atoms with van der Waals surface area (Å²) in [6, 6.07) is 0. The molecule has 2 N–H and O–H groups in total. The highest BCUT2D eigenvalue weighted by molar-refractivity contribution is 5.77. The van der Waals surface area contributed by atoms with Gasteiger partial charge in [-0.1, -0.05) is 6.42 Å². The summed E-state index contributed by atoms with van der Waals surface area (Å²) in [5.41, 5.74) is 0. The van der Waals surface area contributed by atoms with Crippen LogP contribution in [0.5, 0.6) is 0 Å². The first-order chi connectivity index (χ1) is 8.47. The van der Waals surface area contributed by atoms with Gasteiger partial charge in [-0.15, -0.1) is 0 Å². The molecule has 1 amide bonds. The second-order valence-electron chi connectivity index (χ2n) is 4.47. The summed E-state index contributed by atoms with van der Waals surface area (Å²) in [5.74, 6) is -0.619. The molecule has 1 rings (SSSR count). The maximum Gasteiger partial charge on any atom is 0.405 e. The van der Waals surface area contributed by atoms with E-state index in [0.29, 0.717) is 6.54 Å². The SMILES string of the molecule is O=C(CNCCN1CCCCC1)NCC(F)(F)F. The number of nitrogens with zero attached hydrogens (tertiary/aromatic N) is 1. The summed E-state index contributed by atoms with van der Waals surface area (Å²) in [7, 11) is 0. The average Bonchev–Trinajstić information content (AvgIpc) is 2.33. The van der Waals surface area contributed by atoms with Gasteiger partial charge in [0, 0.05) is 13.1 Å². The third-order valence-electron chi connectivity index (χ3n) is 2.83. The van der Waals surface area contributed by atoms with Gasteiger partial charge in [0.05, 0.1) is 6.54 Å². The van der Waals surface area contributed by atoms with Crippen LogP contribution in [-0.4, -0.2) is 56.3 Å². The zero-order valence-electron chi connectivity index (χ0n) is 10.4. The molecule has 0 spiro atoms. The van der Waals surface area contributed by atoms with Crippen molar-refractivity contribution in [3.05, 3.63) is 0 Å². The lowest BCUT2D eigenvalue weighted by Gasteiger charge is -2.26. The Hall–Kier alpha value is -0.820. The second-order valence-corrected chi connectivity index (χ2v) is 4.47. The third-order valence-corrected chi connectivity index (χ3v) is 2.83. The van der Waals surface area contributed by atoms with Crippen LogP contribution < -0.4 is 10.6 Å². The van der Waals surface area contributed by atoms with E-state index >= 15 is 0 Å². The number of amides is 1. The highest BCUT2D eigenvalue weighted by Gasteiger charge is 2.27. The molecule has 18 heavy (non-hydrogen) atoms. The first-order valence-corrected chi connectivity index (χ1v) is 6.24. The van der Waals surface area contributed by atoms with Gasteiger partial charge >= 0.3 is 6.18 Å². The van der Waals surface area contributed by atoms with Crippen LogP contribution in [0.2, 0.25) is 0 Å². The summed E-state index contributed by atoms with van der Waals surface area (Å²) in [6.45, 7) is 2.28. The van der Waals surface area contributed by atoms with Crippen LogP contribution >= 0.6 is 0 Å². The van der Waals surface area contributed by atoms with Gasteiger partial charge in [-0.2, -0.15) is 13.2 Å². The standard InChI is InChI=1S/C11H20F3N3O/c12-11(13,14)9-16-10(18)8-15-4-7-17-5-2-1-3-6-17/h15H,1-9H2,(H,16,18). The molecule has 1 aliphatic heterocycles. The summed E-state index contributed by atoms with van der Waals surface area (Å²) in [5, 5.41) is 4.67. The van der Waals surface area contributed by atoms with Crippen LogP contribution in [0.4, 0.5) is 13.2 Å². The average molecular weight is 267 g/mol. The van der Waals surface area contributed by atoms with Crippen molar-refractivity contribution in [1.82, 2.24) is 15.5 Å². The van der Waals surface area contributed by atoms with Gasteiger partial charge in [0.15, 0.2) is 0 Å². The van der Waals surface area contributed by atoms with Crippen molar-refractivity contribution >= 4 is 5.91 Å². The number of halogens is 3. The topological polar surface area (TPSA) is 44.4 Å². The van der Waals surface area contributed by atoms with Crippen molar-refractivity contribution < 1.29 is 18.0 Å². The van der Waals surface area contributed by atoms with Crippen molar-refractivity contribution in [3.8, 4) is 0 Å². The number of likely N-dealkylation sites (tertiary alicyclic amines) is 1. The summed E-state index contributed by atoms with van der Waals surface area (Å²) in [6.07, 6.45) is -0.675.